The highest BCUT2D eigenvalue weighted by Crippen LogP contribution is 2.36. The average Bonchev–Trinajstić information content (AvgIpc) is 2.53. The highest BCUT2D eigenvalue weighted by atomic mass is 16.5. The Kier molecular flexibility index (Phi) is 5.11. The maximum absolute atomic E-state index is 12.1. The molecule has 2 rings (SSSR count). The summed E-state index contributed by atoms with van der Waals surface area (Å²) in [5, 5.41) is 12.5. The number of benzene rings is 1. The molecule has 24 heavy (non-hydrogen) atoms. The van der Waals surface area contributed by atoms with Gasteiger partial charge in [-0.3, -0.25) is 4.99 Å². The molecule has 0 aliphatic carbocycles. The smallest absolute Gasteiger partial charge is 0.362 e. The van der Waals surface area contributed by atoms with Gasteiger partial charge in [0, 0.05) is 5.56 Å². The van der Waals surface area contributed by atoms with E-state index in [4.69, 9.17) is 14.2 Å². The normalized spacial score (nSPS) is 16.0. The Morgan fingerprint density at radius 1 is 1.29 bits per heavy atom. The van der Waals surface area contributed by atoms with Gasteiger partial charge in [0.05, 0.1) is 26.4 Å². The largest absolute Gasteiger partial charge is 0.493 e. The Morgan fingerprint density at radius 2 is 1.92 bits per heavy atom. The van der Waals surface area contributed by atoms with Crippen molar-refractivity contribution in [3.05, 3.63) is 23.3 Å². The van der Waals surface area contributed by atoms with Crippen LogP contribution in [0.1, 0.15) is 31.9 Å². The minimum absolute atomic E-state index is 0.174. The van der Waals surface area contributed by atoms with Gasteiger partial charge in [0.15, 0.2) is 11.5 Å². The number of esters is 1. The molecule has 7 heteroatoms. The van der Waals surface area contributed by atoms with Crippen LogP contribution in [0.3, 0.4) is 0 Å². The van der Waals surface area contributed by atoms with Crippen LogP contribution in [-0.2, 0) is 16.0 Å². The van der Waals surface area contributed by atoms with Crippen LogP contribution in [0.2, 0.25) is 0 Å². The summed E-state index contributed by atoms with van der Waals surface area (Å²) in [6.45, 7) is 5.73. The number of ether oxygens (including phenoxy) is 3. The lowest BCUT2D eigenvalue weighted by atomic mass is 9.85. The number of carbonyl (C=O) groups excluding carboxylic acids is 1. The lowest BCUT2D eigenvalue weighted by Crippen LogP contribution is -2.36. The number of rotatable bonds is 5. The van der Waals surface area contributed by atoms with Crippen molar-refractivity contribution in [1.82, 2.24) is 0 Å². The number of methoxy groups -OCH3 is 2. The summed E-state index contributed by atoms with van der Waals surface area (Å²) in [7, 11) is 3.09. The number of aliphatic imine (C=N–C) groups is 1. The first kappa shape index (κ1) is 17.8. The zero-order valence-corrected chi connectivity index (χ0v) is 14.5. The molecule has 7 nitrogen and oxygen atoms in total. The maximum atomic E-state index is 12.1. The Morgan fingerprint density at radius 3 is 2.46 bits per heavy atom. The summed E-state index contributed by atoms with van der Waals surface area (Å²) in [5.74, 6) is 0.369. The molecule has 0 radical (unpaired) electrons. The van der Waals surface area contributed by atoms with E-state index in [1.807, 2.05) is 19.9 Å². The first-order valence-corrected chi connectivity index (χ1v) is 7.61. The van der Waals surface area contributed by atoms with E-state index in [1.165, 1.54) is 7.11 Å². The Bertz CT molecular complexity index is 707. The summed E-state index contributed by atoms with van der Waals surface area (Å²) in [6, 6.07) is 3.58. The van der Waals surface area contributed by atoms with Crippen molar-refractivity contribution < 1.29 is 24.2 Å². The molecule has 0 unspecified atom stereocenters. The minimum Gasteiger partial charge on any atom is -0.493 e. The number of hydrogen-bond acceptors (Lipinski definition) is 7. The molecule has 0 bridgehead atoms. The van der Waals surface area contributed by atoms with E-state index >= 15 is 0 Å². The first-order chi connectivity index (χ1) is 11.4. The minimum atomic E-state index is -0.725. The van der Waals surface area contributed by atoms with Crippen LogP contribution >= 0.6 is 0 Å². The molecule has 0 atom stereocenters. The molecular weight excluding hydrogens is 312 g/mol. The van der Waals surface area contributed by atoms with Gasteiger partial charge in [-0.15, -0.1) is 0 Å². The van der Waals surface area contributed by atoms with Gasteiger partial charge < -0.3 is 19.4 Å². The average molecular weight is 334 g/mol. The van der Waals surface area contributed by atoms with Crippen molar-refractivity contribution >= 4 is 17.4 Å². The monoisotopic (exact) mass is 334 g/mol. The molecule has 1 N–H and O–H groups in total. The van der Waals surface area contributed by atoms with Crippen LogP contribution in [-0.4, -0.2) is 49.0 Å². The van der Waals surface area contributed by atoms with Gasteiger partial charge in [-0.1, -0.05) is 5.16 Å². The molecule has 0 aromatic heterocycles. The summed E-state index contributed by atoms with van der Waals surface area (Å²) in [5.41, 5.74) is 1.17. The molecule has 0 fully saturated rings. The van der Waals surface area contributed by atoms with Crippen LogP contribution in [0.15, 0.2) is 22.3 Å². The van der Waals surface area contributed by atoms with Gasteiger partial charge in [0.25, 0.3) is 0 Å². The highest BCUT2D eigenvalue weighted by Gasteiger charge is 2.33. The molecule has 1 aliphatic rings. The van der Waals surface area contributed by atoms with Crippen molar-refractivity contribution in [3.8, 4) is 11.5 Å². The number of nitrogens with zero attached hydrogens (tertiary/aromatic N) is 2. The quantitative estimate of drug-likeness (QED) is 0.386. The first-order valence-electron chi connectivity index (χ1n) is 7.61. The van der Waals surface area contributed by atoms with Crippen molar-refractivity contribution in [1.29, 1.82) is 0 Å². The summed E-state index contributed by atoms with van der Waals surface area (Å²) in [6.07, 6.45) is 0.647. The lowest BCUT2D eigenvalue weighted by Gasteiger charge is -2.29. The Balaban J connectivity index is 2.64. The third kappa shape index (κ3) is 3.34. The van der Waals surface area contributed by atoms with E-state index in [0.29, 0.717) is 23.5 Å². The molecule has 1 heterocycles. The second-order valence-electron chi connectivity index (χ2n) is 5.98. The Labute approximate surface area is 140 Å². The van der Waals surface area contributed by atoms with Crippen molar-refractivity contribution in [2.75, 3.05) is 20.8 Å². The maximum Gasteiger partial charge on any atom is 0.362 e. The fraction of sp³-hybridized carbons (Fsp3) is 0.471. The third-order valence-corrected chi connectivity index (χ3v) is 3.70. The van der Waals surface area contributed by atoms with E-state index in [-0.39, 0.29) is 18.0 Å². The second kappa shape index (κ2) is 6.90. The van der Waals surface area contributed by atoms with E-state index in [1.54, 1.807) is 20.1 Å². The third-order valence-electron chi connectivity index (χ3n) is 3.70. The summed E-state index contributed by atoms with van der Waals surface area (Å²) in [4.78, 5) is 16.7. The lowest BCUT2D eigenvalue weighted by molar-refractivity contribution is -0.134. The number of fused-ring (bicyclic) bond motifs is 1. The summed E-state index contributed by atoms with van der Waals surface area (Å²) < 4.78 is 15.6. The van der Waals surface area contributed by atoms with Crippen molar-refractivity contribution in [2.24, 2.45) is 10.1 Å². The van der Waals surface area contributed by atoms with Gasteiger partial charge in [-0.2, -0.15) is 0 Å². The number of hydrogen-bond donors (Lipinski definition) is 1. The Hall–Kier alpha value is -2.57. The number of carbonyl (C=O) groups is 1. The second-order valence-corrected chi connectivity index (χ2v) is 5.98. The predicted molar refractivity (Wildman–Crippen MR) is 89.7 cm³/mol. The van der Waals surface area contributed by atoms with Gasteiger partial charge in [0.2, 0.25) is 5.71 Å². The topological polar surface area (TPSA) is 89.7 Å². The molecule has 0 spiro atoms. The molecular formula is C17H22N2O5. The van der Waals surface area contributed by atoms with Crippen LogP contribution in [0.25, 0.3) is 0 Å². The van der Waals surface area contributed by atoms with Gasteiger partial charge >= 0.3 is 5.97 Å². The fourth-order valence-corrected chi connectivity index (χ4v) is 2.72. The van der Waals surface area contributed by atoms with E-state index in [0.717, 1.165) is 5.56 Å². The van der Waals surface area contributed by atoms with Crippen LogP contribution in [0.5, 0.6) is 11.5 Å². The van der Waals surface area contributed by atoms with E-state index in [9.17, 15) is 10.0 Å². The zero-order chi connectivity index (χ0) is 17.9. The molecule has 0 saturated heterocycles. The highest BCUT2D eigenvalue weighted by molar-refractivity contribution is 6.69. The van der Waals surface area contributed by atoms with Crippen LogP contribution < -0.4 is 9.47 Å². The SMILES string of the molecule is CCOC(=O)C(=NO)C1=NC(C)(C)Cc2cc(OC)c(OC)cc21. The van der Waals surface area contributed by atoms with Gasteiger partial charge in [0.1, 0.15) is 5.71 Å². The fourth-order valence-electron chi connectivity index (χ4n) is 2.72. The molecule has 1 aliphatic heterocycles. The molecule has 1 aromatic rings. The molecule has 0 saturated carbocycles. The predicted octanol–water partition coefficient (Wildman–Crippen LogP) is 2.22. The van der Waals surface area contributed by atoms with Gasteiger partial charge in [-0.05, 0) is 44.9 Å². The van der Waals surface area contributed by atoms with Crippen molar-refractivity contribution in [2.45, 2.75) is 32.7 Å². The molecule has 130 valence electrons. The standard InChI is InChI=1S/C17H22N2O5/c1-6-24-16(20)15(19-21)14-11-8-13(23-5)12(22-4)7-10(11)9-17(2,3)18-14/h7-8,21H,6,9H2,1-5H3. The van der Waals surface area contributed by atoms with Crippen molar-refractivity contribution in [3.63, 3.8) is 0 Å². The molecule has 0 amide bonds. The number of oxime groups is 1. The zero-order valence-electron chi connectivity index (χ0n) is 14.5. The van der Waals surface area contributed by atoms with E-state index in [2.05, 4.69) is 10.1 Å². The van der Waals surface area contributed by atoms with Crippen LogP contribution in [0, 0.1) is 0 Å². The van der Waals surface area contributed by atoms with Gasteiger partial charge in [-0.25, -0.2) is 4.79 Å². The molecule has 1 aromatic carbocycles. The van der Waals surface area contributed by atoms with Crippen LogP contribution in [0.4, 0.5) is 0 Å². The van der Waals surface area contributed by atoms with E-state index < -0.39 is 11.5 Å². The summed E-state index contributed by atoms with van der Waals surface area (Å²) >= 11 is 0.